The van der Waals surface area contributed by atoms with E-state index in [9.17, 15) is 0 Å². The molecule has 6 heteroatoms. The summed E-state index contributed by atoms with van der Waals surface area (Å²) in [5, 5.41) is 5.57. The summed E-state index contributed by atoms with van der Waals surface area (Å²) in [4.78, 5) is 8.98. The lowest BCUT2D eigenvalue weighted by Crippen LogP contribution is -2.19. The van der Waals surface area contributed by atoms with E-state index in [2.05, 4.69) is 51.2 Å². The summed E-state index contributed by atoms with van der Waals surface area (Å²) < 4.78 is 7.67. The van der Waals surface area contributed by atoms with Gasteiger partial charge >= 0.3 is 0 Å². The van der Waals surface area contributed by atoms with E-state index in [4.69, 9.17) is 4.74 Å². The summed E-state index contributed by atoms with van der Waals surface area (Å²) >= 11 is 0. The van der Waals surface area contributed by atoms with E-state index in [-0.39, 0.29) is 0 Å². The lowest BCUT2D eigenvalue weighted by molar-refractivity contribution is 0.260. The quantitative estimate of drug-likeness (QED) is 0.613. The third-order valence-electron chi connectivity index (χ3n) is 4.53. The van der Waals surface area contributed by atoms with Crippen LogP contribution in [-0.2, 0) is 20.1 Å². The number of likely N-dealkylation sites (N-methyl/N-ethyl adjacent to an activating group) is 1. The molecule has 0 saturated carbocycles. The summed E-state index contributed by atoms with van der Waals surface area (Å²) in [6.07, 6.45) is 1.95. The molecule has 0 N–H and O–H groups in total. The van der Waals surface area contributed by atoms with Crippen molar-refractivity contribution in [3.05, 3.63) is 53.3 Å². The van der Waals surface area contributed by atoms with Crippen LogP contribution in [0.4, 0.5) is 0 Å². The zero-order valence-corrected chi connectivity index (χ0v) is 16.9. The molecule has 0 bridgehead atoms. The Balaban J connectivity index is 1.62. The van der Waals surface area contributed by atoms with Crippen molar-refractivity contribution in [1.82, 2.24) is 24.6 Å². The van der Waals surface area contributed by atoms with Gasteiger partial charge in [-0.15, -0.1) is 0 Å². The lowest BCUT2D eigenvalue weighted by Gasteiger charge is -2.17. The molecule has 27 heavy (non-hydrogen) atoms. The molecule has 0 aliphatic carbocycles. The van der Waals surface area contributed by atoms with Gasteiger partial charge in [0.2, 0.25) is 0 Å². The van der Waals surface area contributed by atoms with Gasteiger partial charge in [-0.3, -0.25) is 9.58 Å². The third kappa shape index (κ3) is 5.05. The van der Waals surface area contributed by atoms with E-state index < -0.39 is 0 Å². The largest absolute Gasteiger partial charge is 0.492 e. The van der Waals surface area contributed by atoms with Crippen molar-refractivity contribution in [3.63, 3.8) is 0 Å². The fourth-order valence-corrected chi connectivity index (χ4v) is 3.20. The third-order valence-corrected chi connectivity index (χ3v) is 4.53. The molecule has 0 saturated heterocycles. The monoisotopic (exact) mass is 367 g/mol. The van der Waals surface area contributed by atoms with Crippen molar-refractivity contribution in [1.29, 1.82) is 0 Å². The zero-order chi connectivity index (χ0) is 19.4. The first kappa shape index (κ1) is 19.3. The molecule has 0 unspecified atom stereocenters. The molecule has 2 aromatic heterocycles. The first-order valence-electron chi connectivity index (χ1n) is 9.25. The minimum atomic E-state index is 0.697. The Kier molecular flexibility index (Phi) is 6.08. The number of benzene rings is 1. The highest BCUT2D eigenvalue weighted by Gasteiger charge is 2.09. The van der Waals surface area contributed by atoms with Crippen molar-refractivity contribution < 1.29 is 4.74 Å². The van der Waals surface area contributed by atoms with E-state index in [0.717, 1.165) is 42.1 Å². The van der Waals surface area contributed by atoms with E-state index in [1.165, 1.54) is 11.1 Å². The van der Waals surface area contributed by atoms with Crippen LogP contribution in [0, 0.1) is 6.92 Å². The Bertz CT molecular complexity index is 903. The lowest BCUT2D eigenvalue weighted by atomic mass is 10.1. The van der Waals surface area contributed by atoms with Crippen LogP contribution in [-0.4, -0.2) is 58.9 Å². The fourth-order valence-electron chi connectivity index (χ4n) is 3.20. The standard InChI is InChI=1S/C21H29N5O/c1-16-20-12-18(13-22-21(20)26(5)23-16)15-25(4)14-17-7-6-8-19(11-17)27-10-9-24(2)3/h6-8,11-13H,9-10,14-15H2,1-5H3. The molecular formula is C21H29N5O. The maximum absolute atomic E-state index is 5.84. The maximum atomic E-state index is 5.84. The van der Waals surface area contributed by atoms with Crippen LogP contribution < -0.4 is 4.74 Å². The van der Waals surface area contributed by atoms with Gasteiger partial charge < -0.3 is 9.64 Å². The van der Waals surface area contributed by atoms with Crippen LogP contribution in [0.15, 0.2) is 36.5 Å². The van der Waals surface area contributed by atoms with Crippen LogP contribution in [0.3, 0.4) is 0 Å². The van der Waals surface area contributed by atoms with Crippen LogP contribution >= 0.6 is 0 Å². The second-order valence-corrected chi connectivity index (χ2v) is 7.40. The molecule has 0 spiro atoms. The SMILES string of the molecule is Cc1nn(C)c2ncc(CN(C)Cc3cccc(OCCN(C)C)c3)cc12. The molecule has 3 aromatic rings. The molecule has 3 rings (SSSR count). The van der Waals surface area contributed by atoms with Gasteiger partial charge in [0.25, 0.3) is 0 Å². The average Bonchev–Trinajstić information content (AvgIpc) is 2.88. The summed E-state index contributed by atoms with van der Waals surface area (Å²) in [7, 11) is 8.16. The number of aryl methyl sites for hydroxylation is 2. The molecule has 0 amide bonds. The molecular weight excluding hydrogens is 338 g/mol. The summed E-state index contributed by atoms with van der Waals surface area (Å²) in [5.74, 6) is 0.928. The van der Waals surface area contributed by atoms with E-state index in [0.29, 0.717) is 6.61 Å². The fraction of sp³-hybridized carbons (Fsp3) is 0.429. The molecule has 0 aliphatic rings. The highest BCUT2D eigenvalue weighted by Crippen LogP contribution is 2.19. The van der Waals surface area contributed by atoms with Gasteiger partial charge in [-0.2, -0.15) is 5.10 Å². The van der Waals surface area contributed by atoms with Gasteiger partial charge in [-0.05, 0) is 57.4 Å². The predicted octanol–water partition coefficient (Wildman–Crippen LogP) is 2.85. The molecule has 0 radical (unpaired) electrons. The summed E-state index contributed by atoms with van der Waals surface area (Å²) in [6, 6.07) is 10.5. The van der Waals surface area contributed by atoms with Crippen LogP contribution in [0.5, 0.6) is 5.75 Å². The molecule has 0 atom stereocenters. The van der Waals surface area contributed by atoms with Crippen LogP contribution in [0.2, 0.25) is 0 Å². The van der Waals surface area contributed by atoms with Crippen molar-refractivity contribution >= 4 is 11.0 Å². The highest BCUT2D eigenvalue weighted by atomic mass is 16.5. The smallest absolute Gasteiger partial charge is 0.157 e. The normalized spacial score (nSPS) is 11.7. The number of rotatable bonds is 8. The molecule has 0 fully saturated rings. The van der Waals surface area contributed by atoms with E-state index in [1.807, 2.05) is 45.0 Å². The number of hydrogen-bond acceptors (Lipinski definition) is 5. The first-order valence-corrected chi connectivity index (χ1v) is 9.25. The highest BCUT2D eigenvalue weighted by molar-refractivity contribution is 5.78. The number of hydrogen-bond donors (Lipinski definition) is 0. The number of fused-ring (bicyclic) bond motifs is 1. The summed E-state index contributed by atoms with van der Waals surface area (Å²) in [5.41, 5.74) is 4.39. The Morgan fingerprint density at radius 3 is 2.63 bits per heavy atom. The Hall–Kier alpha value is -2.44. The van der Waals surface area contributed by atoms with E-state index in [1.54, 1.807) is 0 Å². The van der Waals surface area contributed by atoms with Gasteiger partial charge in [0.15, 0.2) is 5.65 Å². The number of ether oxygens (including phenoxy) is 1. The van der Waals surface area contributed by atoms with Gasteiger partial charge in [-0.25, -0.2) is 4.98 Å². The zero-order valence-electron chi connectivity index (χ0n) is 16.9. The first-order chi connectivity index (χ1) is 12.9. The van der Waals surface area contributed by atoms with Gasteiger partial charge in [-0.1, -0.05) is 12.1 Å². The van der Waals surface area contributed by atoms with E-state index >= 15 is 0 Å². The molecule has 1 aromatic carbocycles. The number of aromatic nitrogens is 3. The molecule has 6 nitrogen and oxygen atoms in total. The van der Waals surface area contributed by atoms with Gasteiger partial charge in [0, 0.05) is 38.3 Å². The maximum Gasteiger partial charge on any atom is 0.157 e. The second-order valence-electron chi connectivity index (χ2n) is 7.40. The van der Waals surface area contributed by atoms with Crippen LogP contribution in [0.25, 0.3) is 11.0 Å². The van der Waals surface area contributed by atoms with Gasteiger partial charge in [0.05, 0.1) is 5.69 Å². The van der Waals surface area contributed by atoms with Crippen molar-refractivity contribution in [2.75, 3.05) is 34.3 Å². The Labute approximate surface area is 161 Å². The topological polar surface area (TPSA) is 46.4 Å². The van der Waals surface area contributed by atoms with Crippen molar-refractivity contribution in [2.45, 2.75) is 20.0 Å². The van der Waals surface area contributed by atoms with Crippen molar-refractivity contribution in [2.24, 2.45) is 7.05 Å². The van der Waals surface area contributed by atoms with Gasteiger partial charge in [0.1, 0.15) is 12.4 Å². The predicted molar refractivity (Wildman–Crippen MR) is 109 cm³/mol. The summed E-state index contributed by atoms with van der Waals surface area (Å²) in [6.45, 7) is 5.33. The Morgan fingerprint density at radius 2 is 1.85 bits per heavy atom. The molecule has 0 aliphatic heterocycles. The number of pyridine rings is 1. The van der Waals surface area contributed by atoms with Crippen molar-refractivity contribution in [3.8, 4) is 5.75 Å². The minimum Gasteiger partial charge on any atom is -0.492 e. The average molecular weight is 367 g/mol. The Morgan fingerprint density at radius 1 is 1.07 bits per heavy atom. The molecule has 2 heterocycles. The second kappa shape index (κ2) is 8.50. The number of nitrogens with zero attached hydrogens (tertiary/aromatic N) is 5. The van der Waals surface area contributed by atoms with Crippen LogP contribution in [0.1, 0.15) is 16.8 Å². The minimum absolute atomic E-state index is 0.697. The molecule has 144 valence electrons.